The van der Waals surface area contributed by atoms with E-state index in [-0.39, 0.29) is 17.5 Å². The summed E-state index contributed by atoms with van der Waals surface area (Å²) in [4.78, 5) is 26.0. The minimum atomic E-state index is -1.09. The molecule has 0 saturated carbocycles. The molecule has 1 N–H and O–H groups in total. The van der Waals surface area contributed by atoms with Gasteiger partial charge in [0.2, 0.25) is 0 Å². The lowest BCUT2D eigenvalue weighted by atomic mass is 9.91. The van der Waals surface area contributed by atoms with Crippen molar-refractivity contribution in [1.29, 1.82) is 0 Å². The smallest absolute Gasteiger partial charge is 0.323 e. The van der Waals surface area contributed by atoms with Gasteiger partial charge in [-0.2, -0.15) is 0 Å². The average molecular weight is 547 g/mol. The van der Waals surface area contributed by atoms with Gasteiger partial charge in [-0.25, -0.2) is 4.39 Å². The van der Waals surface area contributed by atoms with Gasteiger partial charge in [-0.1, -0.05) is 51.8 Å². The Bertz CT molecular complexity index is 1270. The second kappa shape index (κ2) is 9.76. The summed E-state index contributed by atoms with van der Waals surface area (Å²) >= 11 is 9.24. The van der Waals surface area contributed by atoms with Crippen LogP contribution in [-0.2, 0) is 24.2 Å². The van der Waals surface area contributed by atoms with Crippen LogP contribution >= 0.6 is 27.5 Å². The van der Waals surface area contributed by atoms with Crippen molar-refractivity contribution >= 4 is 39.4 Å². The van der Waals surface area contributed by atoms with Gasteiger partial charge >= 0.3 is 5.97 Å². The monoisotopic (exact) mass is 545 g/mol. The third kappa shape index (κ3) is 5.42. The lowest BCUT2D eigenvalue weighted by Gasteiger charge is -2.24. The first-order valence-corrected chi connectivity index (χ1v) is 11.8. The topological polar surface area (TPSA) is 66.8 Å². The predicted octanol–water partition coefficient (Wildman–Crippen LogP) is 5.90. The molecule has 0 radical (unpaired) electrons. The average Bonchev–Trinajstić information content (AvgIpc) is 3.11. The number of benzene rings is 3. The summed E-state index contributed by atoms with van der Waals surface area (Å²) in [5.74, 6) is -1.29. The van der Waals surface area contributed by atoms with Crippen LogP contribution in [0.15, 0.2) is 65.1 Å². The highest BCUT2D eigenvalue weighted by Gasteiger charge is 2.36. The van der Waals surface area contributed by atoms with Crippen LogP contribution in [0.1, 0.15) is 34.0 Å². The third-order valence-corrected chi connectivity index (χ3v) is 6.80. The molecule has 1 heterocycles. The molecule has 0 aromatic heterocycles. The Hall–Kier alpha value is -2.90. The van der Waals surface area contributed by atoms with Crippen molar-refractivity contribution in [1.82, 2.24) is 4.90 Å². The zero-order chi connectivity index (χ0) is 24.5. The first-order valence-electron chi connectivity index (χ1n) is 10.6. The number of hydrogen-bond donors (Lipinski definition) is 1. The number of amides is 1. The van der Waals surface area contributed by atoms with E-state index < -0.39 is 23.9 Å². The van der Waals surface area contributed by atoms with Crippen molar-refractivity contribution in [2.24, 2.45) is 0 Å². The lowest BCUT2D eigenvalue weighted by Crippen LogP contribution is -2.35. The van der Waals surface area contributed by atoms with E-state index in [2.05, 4.69) is 15.9 Å². The predicted molar refractivity (Wildman–Crippen MR) is 131 cm³/mol. The van der Waals surface area contributed by atoms with Crippen LogP contribution < -0.4 is 4.74 Å². The number of ether oxygens (including phenoxy) is 1. The van der Waals surface area contributed by atoms with Crippen LogP contribution in [-0.4, -0.2) is 34.0 Å². The molecule has 34 heavy (non-hydrogen) atoms. The third-order valence-electron chi connectivity index (χ3n) is 5.72. The molecule has 0 unspecified atom stereocenters. The van der Waals surface area contributed by atoms with Crippen molar-refractivity contribution in [3.8, 4) is 5.75 Å². The largest absolute Gasteiger partial charge is 0.487 e. The standard InChI is InChI=1S/C26H22BrClFNO4/c1-26(12-16-6-8-21(28)22(29)10-16)13-19-11-17(7-9-23(19)34-26)25(33)30(15-24(31)32)14-18-4-2-3-5-20(18)27/h2-11H,12-15H2,1H3,(H,31,32)/t26-/m1/s1. The number of nitrogens with zero attached hydrogens (tertiary/aromatic N) is 1. The van der Waals surface area contributed by atoms with E-state index >= 15 is 0 Å². The molecule has 1 atom stereocenters. The van der Waals surface area contributed by atoms with Crippen LogP contribution in [0.2, 0.25) is 5.02 Å². The molecule has 176 valence electrons. The summed E-state index contributed by atoms with van der Waals surface area (Å²) in [5, 5.41) is 9.44. The Kier molecular flexibility index (Phi) is 6.96. The summed E-state index contributed by atoms with van der Waals surface area (Å²) in [6.45, 7) is 1.66. The van der Waals surface area contributed by atoms with E-state index in [1.807, 2.05) is 31.2 Å². The fraction of sp³-hybridized carbons (Fsp3) is 0.231. The van der Waals surface area contributed by atoms with Gasteiger partial charge in [0, 0.05) is 29.4 Å². The molecule has 0 saturated heterocycles. The molecule has 0 aliphatic carbocycles. The van der Waals surface area contributed by atoms with Gasteiger partial charge < -0.3 is 14.7 Å². The van der Waals surface area contributed by atoms with Gasteiger partial charge in [0.1, 0.15) is 23.7 Å². The second-order valence-electron chi connectivity index (χ2n) is 8.62. The van der Waals surface area contributed by atoms with E-state index in [1.54, 1.807) is 24.3 Å². The Labute approximate surface area is 210 Å². The van der Waals surface area contributed by atoms with Crippen LogP contribution in [0.25, 0.3) is 0 Å². The maximum Gasteiger partial charge on any atom is 0.323 e. The van der Waals surface area contributed by atoms with Gasteiger partial charge in [-0.15, -0.1) is 0 Å². The van der Waals surface area contributed by atoms with E-state index in [4.69, 9.17) is 16.3 Å². The lowest BCUT2D eigenvalue weighted by molar-refractivity contribution is -0.137. The van der Waals surface area contributed by atoms with Crippen molar-refractivity contribution in [3.63, 3.8) is 0 Å². The fourth-order valence-electron chi connectivity index (χ4n) is 4.21. The summed E-state index contributed by atoms with van der Waals surface area (Å²) in [5.41, 5.74) is 2.19. The van der Waals surface area contributed by atoms with Gasteiger partial charge in [0.25, 0.3) is 5.91 Å². The maximum absolute atomic E-state index is 13.9. The number of carbonyl (C=O) groups is 2. The van der Waals surface area contributed by atoms with Gasteiger partial charge in [0.05, 0.1) is 5.02 Å². The molecular weight excluding hydrogens is 525 g/mol. The van der Waals surface area contributed by atoms with Crippen molar-refractivity contribution in [2.45, 2.75) is 31.9 Å². The first kappa shape index (κ1) is 24.2. The minimum Gasteiger partial charge on any atom is -0.487 e. The number of hydrogen-bond acceptors (Lipinski definition) is 3. The second-order valence-corrected chi connectivity index (χ2v) is 9.88. The molecule has 1 amide bonds. The molecule has 3 aromatic carbocycles. The van der Waals surface area contributed by atoms with Crippen LogP contribution in [0.4, 0.5) is 4.39 Å². The number of fused-ring (bicyclic) bond motifs is 1. The van der Waals surface area contributed by atoms with Gasteiger partial charge in [-0.05, 0) is 60.0 Å². The van der Waals surface area contributed by atoms with Gasteiger partial charge in [0.15, 0.2) is 0 Å². The maximum atomic E-state index is 13.9. The first-order chi connectivity index (χ1) is 16.1. The van der Waals surface area contributed by atoms with Crippen LogP contribution in [0.3, 0.4) is 0 Å². The SMILES string of the molecule is C[C@@]1(Cc2ccc(Cl)c(F)c2)Cc2cc(C(=O)N(CC(=O)O)Cc3ccccc3Br)ccc2O1. The minimum absolute atomic E-state index is 0.0705. The van der Waals surface area contributed by atoms with E-state index in [9.17, 15) is 19.1 Å². The number of carbonyl (C=O) groups excluding carboxylic acids is 1. The summed E-state index contributed by atoms with van der Waals surface area (Å²) in [6.07, 6.45) is 0.989. The van der Waals surface area contributed by atoms with Gasteiger partial charge in [-0.3, -0.25) is 9.59 Å². The molecule has 1 aliphatic heterocycles. The number of rotatable bonds is 7. The molecule has 5 nitrogen and oxygen atoms in total. The number of aliphatic carboxylic acids is 1. The Morgan fingerprint density at radius 3 is 2.65 bits per heavy atom. The molecule has 0 spiro atoms. The summed E-state index contributed by atoms with van der Waals surface area (Å²) < 4.78 is 20.8. The normalized spacial score (nSPS) is 16.6. The van der Waals surface area contributed by atoms with Crippen molar-refractivity contribution in [2.75, 3.05) is 6.54 Å². The highest BCUT2D eigenvalue weighted by molar-refractivity contribution is 9.10. The summed E-state index contributed by atoms with van der Waals surface area (Å²) in [7, 11) is 0. The number of halogens is 3. The highest BCUT2D eigenvalue weighted by Crippen LogP contribution is 2.38. The van der Waals surface area contributed by atoms with Crippen molar-refractivity contribution < 1.29 is 23.8 Å². The van der Waals surface area contributed by atoms with E-state index in [0.29, 0.717) is 24.2 Å². The van der Waals surface area contributed by atoms with E-state index in [0.717, 1.165) is 21.2 Å². The quantitative estimate of drug-likeness (QED) is 0.400. The zero-order valence-electron chi connectivity index (χ0n) is 18.4. The van der Waals surface area contributed by atoms with Crippen LogP contribution in [0, 0.1) is 5.82 Å². The van der Waals surface area contributed by atoms with E-state index in [1.165, 1.54) is 17.0 Å². The Morgan fingerprint density at radius 2 is 1.94 bits per heavy atom. The van der Waals surface area contributed by atoms with Crippen molar-refractivity contribution in [3.05, 3.63) is 98.2 Å². The molecular formula is C26H22BrClFNO4. The molecule has 1 aliphatic rings. The van der Waals surface area contributed by atoms with Crippen LogP contribution in [0.5, 0.6) is 5.75 Å². The number of carboxylic acids is 1. The molecule has 0 fully saturated rings. The molecule has 3 aromatic rings. The Balaban J connectivity index is 1.54. The molecule has 0 bridgehead atoms. The molecule has 8 heteroatoms. The summed E-state index contributed by atoms with van der Waals surface area (Å²) in [6, 6.07) is 17.2. The fourth-order valence-corrected chi connectivity index (χ4v) is 4.74. The Morgan fingerprint density at radius 1 is 1.18 bits per heavy atom. The highest BCUT2D eigenvalue weighted by atomic mass is 79.9. The zero-order valence-corrected chi connectivity index (χ0v) is 20.7. The molecule has 4 rings (SSSR count). The number of carboxylic acid groups (broad SMARTS) is 1.